The second kappa shape index (κ2) is 9.97. The van der Waals surface area contributed by atoms with E-state index < -0.39 is 11.7 Å². The molecule has 1 atom stereocenters. The van der Waals surface area contributed by atoms with Crippen molar-refractivity contribution in [3.63, 3.8) is 0 Å². The van der Waals surface area contributed by atoms with Gasteiger partial charge in [-0.1, -0.05) is 11.6 Å². The van der Waals surface area contributed by atoms with Gasteiger partial charge in [0.25, 0.3) is 11.8 Å². The quantitative estimate of drug-likeness (QED) is 0.524. The number of aromatic nitrogens is 1. The van der Waals surface area contributed by atoms with Crippen molar-refractivity contribution in [3.8, 4) is 0 Å². The third-order valence-corrected chi connectivity index (χ3v) is 5.61. The molecule has 0 saturated carbocycles. The summed E-state index contributed by atoms with van der Waals surface area (Å²) in [6.07, 6.45) is 1.55. The molecule has 33 heavy (non-hydrogen) atoms. The van der Waals surface area contributed by atoms with Gasteiger partial charge in [0.2, 0.25) is 0 Å². The Hall–Kier alpha value is -3.49. The molecule has 1 aliphatic rings. The van der Waals surface area contributed by atoms with Gasteiger partial charge in [-0.05, 0) is 61.5 Å². The molecule has 0 radical (unpaired) electrons. The van der Waals surface area contributed by atoms with E-state index in [1.165, 1.54) is 24.3 Å². The lowest BCUT2D eigenvalue weighted by atomic mass is 10.2. The summed E-state index contributed by atoms with van der Waals surface area (Å²) in [5.74, 6) is -0.375. The average molecular weight is 468 g/mol. The zero-order chi connectivity index (χ0) is 23.4. The van der Waals surface area contributed by atoms with Crippen LogP contribution in [0.15, 0.2) is 60.8 Å². The van der Waals surface area contributed by atoms with E-state index >= 15 is 0 Å². The minimum atomic E-state index is -0.442. The van der Waals surface area contributed by atoms with Crippen LogP contribution >= 0.6 is 11.6 Å². The molecule has 0 unspecified atom stereocenters. The van der Waals surface area contributed by atoms with E-state index in [1.807, 2.05) is 6.07 Å². The van der Waals surface area contributed by atoms with Crippen molar-refractivity contribution >= 4 is 40.6 Å². The van der Waals surface area contributed by atoms with E-state index in [-0.39, 0.29) is 11.5 Å². The van der Waals surface area contributed by atoms with Crippen LogP contribution in [-0.2, 0) is 0 Å². The van der Waals surface area contributed by atoms with Crippen LogP contribution in [0.5, 0.6) is 0 Å². The smallest absolute Gasteiger partial charge is 0.257 e. The van der Waals surface area contributed by atoms with Crippen molar-refractivity contribution in [1.82, 2.24) is 10.3 Å². The van der Waals surface area contributed by atoms with Crippen LogP contribution < -0.4 is 20.9 Å². The molecule has 1 fully saturated rings. The number of nitrogens with one attached hydrogen (secondary N) is 3. The Morgan fingerprint density at radius 2 is 1.79 bits per heavy atom. The van der Waals surface area contributed by atoms with Crippen molar-refractivity contribution in [1.29, 1.82) is 0 Å². The molecule has 2 aromatic carbocycles. The zero-order valence-corrected chi connectivity index (χ0v) is 18.7. The number of benzene rings is 2. The molecule has 2 heterocycles. The molecule has 1 aromatic heterocycles. The molecule has 3 aromatic rings. The van der Waals surface area contributed by atoms with E-state index in [4.69, 9.17) is 11.6 Å². The molecule has 0 aliphatic carbocycles. The number of pyridine rings is 1. The van der Waals surface area contributed by atoms with Gasteiger partial charge in [0.1, 0.15) is 11.6 Å². The molecule has 7 nitrogen and oxygen atoms in total. The first-order chi connectivity index (χ1) is 15.9. The van der Waals surface area contributed by atoms with Crippen LogP contribution in [0.4, 0.5) is 21.6 Å². The van der Waals surface area contributed by atoms with Gasteiger partial charge in [0.15, 0.2) is 0 Å². The number of carbonyl (C=O) groups is 2. The summed E-state index contributed by atoms with van der Waals surface area (Å²) in [6, 6.07) is 13.9. The van der Waals surface area contributed by atoms with E-state index in [1.54, 1.807) is 30.5 Å². The number of nitrogens with zero attached hydrogens (tertiary/aromatic N) is 2. The molecule has 9 heteroatoms. The Balaban J connectivity index is 1.42. The number of hydrogen-bond donors (Lipinski definition) is 3. The lowest BCUT2D eigenvalue weighted by Gasteiger charge is -2.32. The maximum Gasteiger partial charge on any atom is 0.257 e. The predicted octanol–water partition coefficient (Wildman–Crippen LogP) is 4.18. The Morgan fingerprint density at radius 1 is 1.06 bits per heavy atom. The van der Waals surface area contributed by atoms with E-state index in [2.05, 4.69) is 32.8 Å². The van der Waals surface area contributed by atoms with Crippen LogP contribution in [-0.4, -0.2) is 42.5 Å². The number of carbonyl (C=O) groups excluding carboxylic acids is 2. The molecule has 4 rings (SSSR count). The first-order valence-corrected chi connectivity index (χ1v) is 10.9. The summed E-state index contributed by atoms with van der Waals surface area (Å²) in [5, 5.41) is 9.16. The van der Waals surface area contributed by atoms with Crippen LogP contribution in [0.3, 0.4) is 0 Å². The highest BCUT2D eigenvalue weighted by atomic mass is 35.5. The van der Waals surface area contributed by atoms with Gasteiger partial charge in [0, 0.05) is 43.1 Å². The third kappa shape index (κ3) is 5.66. The van der Waals surface area contributed by atoms with Gasteiger partial charge < -0.3 is 20.9 Å². The molecular weight excluding hydrogens is 445 g/mol. The van der Waals surface area contributed by atoms with E-state index in [9.17, 15) is 14.0 Å². The van der Waals surface area contributed by atoms with Crippen molar-refractivity contribution in [2.75, 3.05) is 35.2 Å². The highest BCUT2D eigenvalue weighted by molar-refractivity contribution is 6.34. The van der Waals surface area contributed by atoms with Gasteiger partial charge in [-0.15, -0.1) is 0 Å². The van der Waals surface area contributed by atoms with E-state index in [0.717, 1.165) is 25.5 Å². The Labute approximate surface area is 196 Å². The van der Waals surface area contributed by atoms with Crippen molar-refractivity contribution in [3.05, 3.63) is 82.8 Å². The first-order valence-electron chi connectivity index (χ1n) is 10.5. The molecule has 0 spiro atoms. The number of amides is 2. The maximum absolute atomic E-state index is 13.1. The fourth-order valence-electron chi connectivity index (χ4n) is 3.55. The molecule has 1 aliphatic heterocycles. The fraction of sp³-hybridized carbons (Fsp3) is 0.208. The average Bonchev–Trinajstić information content (AvgIpc) is 2.81. The van der Waals surface area contributed by atoms with Gasteiger partial charge in [-0.25, -0.2) is 9.37 Å². The van der Waals surface area contributed by atoms with Crippen molar-refractivity contribution < 1.29 is 14.0 Å². The highest BCUT2D eigenvalue weighted by Gasteiger charge is 2.17. The van der Waals surface area contributed by atoms with Crippen molar-refractivity contribution in [2.24, 2.45) is 0 Å². The molecule has 0 bridgehead atoms. The Morgan fingerprint density at radius 3 is 2.48 bits per heavy atom. The molecule has 1 saturated heterocycles. The van der Waals surface area contributed by atoms with Gasteiger partial charge in [-0.2, -0.15) is 0 Å². The Bertz CT molecular complexity index is 1150. The Kier molecular flexibility index (Phi) is 6.86. The minimum Gasteiger partial charge on any atom is -0.354 e. The maximum atomic E-state index is 13.1. The topological polar surface area (TPSA) is 86.4 Å². The van der Waals surface area contributed by atoms with Crippen LogP contribution in [0, 0.1) is 5.82 Å². The second-order valence-corrected chi connectivity index (χ2v) is 8.22. The van der Waals surface area contributed by atoms with E-state index in [0.29, 0.717) is 28.0 Å². The minimum absolute atomic E-state index is 0.284. The lowest BCUT2D eigenvalue weighted by molar-refractivity contribution is 0.101. The van der Waals surface area contributed by atoms with Crippen LogP contribution in [0.1, 0.15) is 27.6 Å². The molecule has 170 valence electrons. The molecule has 2 amide bonds. The summed E-state index contributed by atoms with van der Waals surface area (Å²) >= 11 is 6.20. The van der Waals surface area contributed by atoms with Gasteiger partial charge in [-0.3, -0.25) is 9.59 Å². The monoisotopic (exact) mass is 467 g/mol. The summed E-state index contributed by atoms with van der Waals surface area (Å²) < 4.78 is 13.1. The highest BCUT2D eigenvalue weighted by Crippen LogP contribution is 2.26. The second-order valence-electron chi connectivity index (χ2n) is 7.82. The number of hydrogen-bond acceptors (Lipinski definition) is 5. The van der Waals surface area contributed by atoms with Crippen molar-refractivity contribution in [2.45, 2.75) is 13.0 Å². The van der Waals surface area contributed by atoms with Gasteiger partial charge in [0.05, 0.1) is 16.3 Å². The third-order valence-electron chi connectivity index (χ3n) is 5.28. The number of piperazine rings is 1. The number of rotatable bonds is 5. The SMILES string of the molecule is C[C@H]1CN(c2ccc(C(=O)Nc3ccc(Cl)c(NC(=O)c4ccc(F)cc4)c3)cn2)CCN1. The standard InChI is InChI=1S/C24H23ClFN5O2/c1-15-14-31(11-10-27-15)22-9-4-17(13-28-22)24(33)29-19-7-8-20(25)21(12-19)30-23(32)16-2-5-18(26)6-3-16/h2-9,12-13,15,27H,10-11,14H2,1H3,(H,29,33)(H,30,32)/t15-/m0/s1. The van der Waals surface area contributed by atoms with Crippen LogP contribution in [0.25, 0.3) is 0 Å². The summed E-state index contributed by atoms with van der Waals surface area (Å²) in [6.45, 7) is 4.73. The summed E-state index contributed by atoms with van der Waals surface area (Å²) in [7, 11) is 0. The normalized spacial score (nSPS) is 15.7. The first kappa shape index (κ1) is 22.7. The summed E-state index contributed by atoms with van der Waals surface area (Å²) in [5.41, 5.74) is 1.48. The number of halogens is 2. The zero-order valence-electron chi connectivity index (χ0n) is 17.9. The molecular formula is C24H23ClFN5O2. The number of anilines is 3. The summed E-state index contributed by atoms with van der Waals surface area (Å²) in [4.78, 5) is 31.7. The predicted molar refractivity (Wildman–Crippen MR) is 128 cm³/mol. The fourth-order valence-corrected chi connectivity index (χ4v) is 3.71. The largest absolute Gasteiger partial charge is 0.354 e. The lowest BCUT2D eigenvalue weighted by Crippen LogP contribution is -2.49. The van der Waals surface area contributed by atoms with Crippen LogP contribution in [0.2, 0.25) is 5.02 Å². The molecule has 3 N–H and O–H groups in total. The van der Waals surface area contributed by atoms with Gasteiger partial charge >= 0.3 is 0 Å².